The Labute approximate surface area is 194 Å². The van der Waals surface area contributed by atoms with Crippen LogP contribution in [0.2, 0.25) is 0 Å². The number of hydrogen-bond acceptors (Lipinski definition) is 4. The predicted octanol–water partition coefficient (Wildman–Crippen LogP) is 5.26. The number of nitrogens with one attached hydrogen (secondary N) is 1. The minimum atomic E-state index is -1.29. The lowest BCUT2D eigenvalue weighted by atomic mass is 9.66. The van der Waals surface area contributed by atoms with E-state index in [1.54, 1.807) is 18.3 Å². The number of carbonyl (C=O) groups is 1. The summed E-state index contributed by atoms with van der Waals surface area (Å²) >= 11 is 0. The number of carboxylic acids is 1. The van der Waals surface area contributed by atoms with Crippen LogP contribution in [0.3, 0.4) is 0 Å². The number of fused-ring (bicyclic) bond motifs is 2. The second-order valence-electron chi connectivity index (χ2n) is 9.14. The summed E-state index contributed by atoms with van der Waals surface area (Å²) in [5.41, 5.74) is 1.80. The van der Waals surface area contributed by atoms with Gasteiger partial charge in [-0.1, -0.05) is 13.8 Å². The minimum Gasteiger partial charge on any atom is -0.494 e. The quantitative estimate of drug-likeness (QED) is 0.402. The van der Waals surface area contributed by atoms with Crippen LogP contribution in [0.25, 0.3) is 27.5 Å². The Morgan fingerprint density at radius 1 is 1.26 bits per heavy atom. The van der Waals surface area contributed by atoms with Gasteiger partial charge in [-0.05, 0) is 48.4 Å². The van der Waals surface area contributed by atoms with E-state index in [1.807, 2.05) is 24.5 Å². The Morgan fingerprint density at radius 3 is 2.62 bits per heavy atom. The van der Waals surface area contributed by atoms with Crippen molar-refractivity contribution in [2.45, 2.75) is 44.1 Å². The highest BCUT2D eigenvalue weighted by molar-refractivity contribution is 6.00. The molecule has 0 amide bonds. The maximum atomic E-state index is 16.0. The lowest BCUT2D eigenvalue weighted by Gasteiger charge is -2.43. The van der Waals surface area contributed by atoms with E-state index in [0.717, 1.165) is 11.3 Å². The summed E-state index contributed by atoms with van der Waals surface area (Å²) in [5, 5.41) is 17.4. The fourth-order valence-corrected chi connectivity index (χ4v) is 5.27. The van der Waals surface area contributed by atoms with E-state index in [9.17, 15) is 14.3 Å². The molecule has 0 unspecified atom stereocenters. The van der Waals surface area contributed by atoms with Crippen molar-refractivity contribution in [3.63, 3.8) is 0 Å². The molecule has 34 heavy (non-hydrogen) atoms. The van der Waals surface area contributed by atoms with Crippen LogP contribution in [0.5, 0.6) is 5.75 Å². The number of hydrogen-bond donors (Lipinski definition) is 2. The number of benzene rings is 2. The van der Waals surface area contributed by atoms with Crippen molar-refractivity contribution in [3.05, 3.63) is 53.4 Å². The first kappa shape index (κ1) is 22.3. The number of aromatic amines is 1. The molecule has 0 saturated heterocycles. The van der Waals surface area contributed by atoms with E-state index in [-0.39, 0.29) is 35.9 Å². The fraction of sp³-hybridized carbons (Fsp3) is 0.360. The summed E-state index contributed by atoms with van der Waals surface area (Å²) in [6, 6.07) is 6.38. The number of methoxy groups -OCH3 is 2. The summed E-state index contributed by atoms with van der Waals surface area (Å²) in [6.07, 6.45) is 2.01. The van der Waals surface area contributed by atoms with Gasteiger partial charge in [0.25, 0.3) is 0 Å². The van der Waals surface area contributed by atoms with Crippen molar-refractivity contribution in [2.75, 3.05) is 14.2 Å². The van der Waals surface area contributed by atoms with Crippen molar-refractivity contribution < 1.29 is 28.2 Å². The maximum Gasteiger partial charge on any atom is 0.335 e. The van der Waals surface area contributed by atoms with E-state index < -0.39 is 23.2 Å². The van der Waals surface area contributed by atoms with E-state index in [2.05, 4.69) is 10.2 Å². The molecule has 178 valence electrons. The third kappa shape index (κ3) is 3.03. The predicted molar refractivity (Wildman–Crippen MR) is 123 cm³/mol. The first-order valence-corrected chi connectivity index (χ1v) is 11.0. The number of halogens is 2. The molecule has 2 aromatic heterocycles. The molecule has 1 fully saturated rings. The monoisotopic (exact) mass is 469 g/mol. The van der Waals surface area contributed by atoms with Crippen molar-refractivity contribution in [3.8, 4) is 11.4 Å². The number of ether oxygens (including phenoxy) is 2. The highest BCUT2D eigenvalue weighted by Gasteiger charge is 2.53. The Kier molecular flexibility index (Phi) is 5.12. The van der Waals surface area contributed by atoms with Gasteiger partial charge >= 0.3 is 5.97 Å². The first-order chi connectivity index (χ1) is 16.2. The number of aromatic nitrogens is 3. The number of aliphatic carboxylic acids is 1. The Morgan fingerprint density at radius 2 is 2.00 bits per heavy atom. The van der Waals surface area contributed by atoms with Crippen LogP contribution >= 0.6 is 0 Å². The number of carboxylic acid groups (broad SMARTS) is 1. The number of rotatable bonds is 6. The van der Waals surface area contributed by atoms with Gasteiger partial charge in [-0.3, -0.25) is 5.10 Å². The SMILES string of the molecule is COc1cc(-n2c(C(C)C)c([C@H]3C[C@](OC)(C(=O)O)C3)c3c(F)c4[nH]ncc4cc32)ccc1F. The molecule has 0 aliphatic heterocycles. The van der Waals surface area contributed by atoms with Gasteiger partial charge < -0.3 is 19.1 Å². The van der Waals surface area contributed by atoms with Gasteiger partial charge in [0.1, 0.15) is 5.52 Å². The van der Waals surface area contributed by atoms with Crippen LogP contribution in [0.15, 0.2) is 30.5 Å². The molecular formula is C25H25F2N3O4. The largest absolute Gasteiger partial charge is 0.494 e. The molecule has 2 aromatic carbocycles. The molecule has 0 atom stereocenters. The summed E-state index contributed by atoms with van der Waals surface area (Å²) in [6.45, 7) is 4.00. The molecule has 2 heterocycles. The molecule has 2 N–H and O–H groups in total. The second kappa shape index (κ2) is 7.80. The van der Waals surface area contributed by atoms with Gasteiger partial charge in [0, 0.05) is 35.3 Å². The van der Waals surface area contributed by atoms with Crippen LogP contribution in [0.1, 0.15) is 49.8 Å². The molecule has 4 aromatic rings. The molecule has 5 rings (SSSR count). The highest BCUT2D eigenvalue weighted by atomic mass is 19.1. The van der Waals surface area contributed by atoms with Crippen LogP contribution in [-0.2, 0) is 9.53 Å². The lowest BCUT2D eigenvalue weighted by Crippen LogP contribution is -2.51. The molecule has 0 radical (unpaired) electrons. The average Bonchev–Trinajstić information content (AvgIpc) is 3.37. The Hall–Kier alpha value is -3.46. The Bertz CT molecular complexity index is 1430. The van der Waals surface area contributed by atoms with Crippen molar-refractivity contribution >= 4 is 27.8 Å². The molecule has 0 bridgehead atoms. The molecule has 0 spiro atoms. The zero-order valence-electron chi connectivity index (χ0n) is 19.3. The molecule has 7 nitrogen and oxygen atoms in total. The highest BCUT2D eigenvalue weighted by Crippen LogP contribution is 2.53. The van der Waals surface area contributed by atoms with Gasteiger partial charge in [-0.15, -0.1) is 0 Å². The standard InChI is InChI=1S/C25H25F2N3O4/c1-12(2)23-19(14-9-25(10-14,34-4)24(31)32)20-17(7-13-11-28-29-22(13)21(20)27)30(23)15-5-6-16(26)18(8-15)33-3/h5-8,11-12,14H,9-10H2,1-4H3,(H,28,29)(H,31,32)/t14-,25+. The van der Waals surface area contributed by atoms with E-state index in [1.165, 1.54) is 20.3 Å². The molecule has 9 heteroatoms. The van der Waals surface area contributed by atoms with Crippen LogP contribution < -0.4 is 4.74 Å². The third-order valence-corrected chi connectivity index (χ3v) is 6.96. The van der Waals surface area contributed by atoms with Gasteiger partial charge in [0.15, 0.2) is 23.0 Å². The normalized spacial score (nSPS) is 20.3. The van der Waals surface area contributed by atoms with E-state index >= 15 is 4.39 Å². The second-order valence-corrected chi connectivity index (χ2v) is 9.14. The maximum absolute atomic E-state index is 16.0. The average molecular weight is 469 g/mol. The zero-order valence-corrected chi connectivity index (χ0v) is 19.3. The molecule has 1 saturated carbocycles. The number of H-pyrrole nitrogens is 1. The first-order valence-electron chi connectivity index (χ1n) is 11.0. The third-order valence-electron chi connectivity index (χ3n) is 6.96. The lowest BCUT2D eigenvalue weighted by molar-refractivity contribution is -0.175. The van der Waals surface area contributed by atoms with Crippen LogP contribution in [0, 0.1) is 11.6 Å². The smallest absolute Gasteiger partial charge is 0.335 e. The molecule has 1 aliphatic rings. The zero-order chi connectivity index (χ0) is 24.4. The summed E-state index contributed by atoms with van der Waals surface area (Å²) < 4.78 is 42.7. The topological polar surface area (TPSA) is 89.4 Å². The van der Waals surface area contributed by atoms with Gasteiger partial charge in [-0.2, -0.15) is 5.10 Å². The van der Waals surface area contributed by atoms with Crippen LogP contribution in [-0.4, -0.2) is 45.7 Å². The van der Waals surface area contributed by atoms with E-state index in [4.69, 9.17) is 9.47 Å². The summed E-state index contributed by atoms with van der Waals surface area (Å²) in [7, 11) is 2.78. The fourth-order valence-electron chi connectivity index (χ4n) is 5.27. The summed E-state index contributed by atoms with van der Waals surface area (Å²) in [4.78, 5) is 11.9. The van der Waals surface area contributed by atoms with Crippen molar-refractivity contribution in [1.29, 1.82) is 0 Å². The molecule has 1 aliphatic carbocycles. The van der Waals surface area contributed by atoms with E-state index in [0.29, 0.717) is 22.0 Å². The van der Waals surface area contributed by atoms with Crippen molar-refractivity contribution in [2.24, 2.45) is 0 Å². The van der Waals surface area contributed by atoms with Crippen molar-refractivity contribution in [1.82, 2.24) is 14.8 Å². The minimum absolute atomic E-state index is 0.0447. The van der Waals surface area contributed by atoms with Gasteiger partial charge in [-0.25, -0.2) is 13.6 Å². The van der Waals surface area contributed by atoms with Crippen LogP contribution in [0.4, 0.5) is 8.78 Å². The Balaban J connectivity index is 1.84. The van der Waals surface area contributed by atoms with Gasteiger partial charge in [0.2, 0.25) is 0 Å². The summed E-state index contributed by atoms with van der Waals surface area (Å²) in [5.74, 6) is -2.16. The van der Waals surface area contributed by atoms with Gasteiger partial charge in [0.05, 0.1) is 18.8 Å². The number of nitrogens with zero attached hydrogens (tertiary/aromatic N) is 2. The molecular weight excluding hydrogens is 444 g/mol.